The Morgan fingerprint density at radius 3 is 2.57 bits per heavy atom. The topological polar surface area (TPSA) is 98.1 Å². The number of carbonyl (C=O) groups is 1. The molecule has 4 rings (SSSR count). The first-order chi connectivity index (χ1) is 17.1. The molecule has 1 unspecified atom stereocenters. The molecule has 0 bridgehead atoms. The second-order valence-corrected chi connectivity index (χ2v) is 8.16. The van der Waals surface area contributed by atoms with Crippen LogP contribution in [0.4, 0.5) is 4.79 Å². The number of carbonyl (C=O) groups excluding carboxylic acids is 1. The van der Waals surface area contributed by atoms with Crippen molar-refractivity contribution in [3.8, 4) is 17.4 Å². The number of urea groups is 1. The van der Waals surface area contributed by atoms with Crippen molar-refractivity contribution >= 4 is 6.03 Å². The molecule has 3 heterocycles. The highest BCUT2D eigenvalue weighted by Gasteiger charge is 2.25. The van der Waals surface area contributed by atoms with Crippen molar-refractivity contribution in [3.63, 3.8) is 0 Å². The van der Waals surface area contributed by atoms with Crippen LogP contribution in [-0.4, -0.2) is 55.4 Å². The van der Waals surface area contributed by atoms with E-state index in [4.69, 9.17) is 18.6 Å². The molecule has 9 heteroatoms. The number of hydrogen-bond acceptors (Lipinski definition) is 7. The molecule has 1 aromatic carbocycles. The Morgan fingerprint density at radius 2 is 1.89 bits per heavy atom. The lowest BCUT2D eigenvalue weighted by atomic mass is 10.1. The van der Waals surface area contributed by atoms with Gasteiger partial charge in [-0.05, 0) is 43.7 Å². The molecule has 1 aliphatic rings. The number of hydrogen-bond donors (Lipinski definition) is 2. The molecule has 1 saturated heterocycles. The second kappa shape index (κ2) is 12.2. The van der Waals surface area contributed by atoms with E-state index in [0.717, 1.165) is 30.2 Å². The van der Waals surface area contributed by atoms with E-state index in [0.29, 0.717) is 50.3 Å². The molecule has 0 aliphatic carbocycles. The van der Waals surface area contributed by atoms with Crippen molar-refractivity contribution in [3.05, 3.63) is 71.8 Å². The van der Waals surface area contributed by atoms with Crippen molar-refractivity contribution in [2.75, 3.05) is 39.5 Å². The lowest BCUT2D eigenvalue weighted by molar-refractivity contribution is 0.0121. The van der Waals surface area contributed by atoms with E-state index in [9.17, 15) is 4.79 Å². The summed E-state index contributed by atoms with van der Waals surface area (Å²) in [6, 6.07) is 14.7. The molecule has 9 nitrogen and oxygen atoms in total. The van der Waals surface area contributed by atoms with Crippen LogP contribution >= 0.6 is 0 Å². The molecular weight excluding hydrogens is 448 g/mol. The highest BCUT2D eigenvalue weighted by molar-refractivity contribution is 5.73. The number of aryl methyl sites for hydroxylation is 1. The number of rotatable bonds is 10. The maximum atomic E-state index is 12.5. The smallest absolute Gasteiger partial charge is 0.315 e. The van der Waals surface area contributed by atoms with E-state index >= 15 is 0 Å². The van der Waals surface area contributed by atoms with E-state index in [-0.39, 0.29) is 12.1 Å². The van der Waals surface area contributed by atoms with Gasteiger partial charge in [0.25, 0.3) is 0 Å². The van der Waals surface area contributed by atoms with Gasteiger partial charge in [0.15, 0.2) is 11.5 Å². The summed E-state index contributed by atoms with van der Waals surface area (Å²) in [6.07, 6.45) is 1.68. The van der Waals surface area contributed by atoms with Crippen molar-refractivity contribution in [1.29, 1.82) is 0 Å². The van der Waals surface area contributed by atoms with E-state index in [1.807, 2.05) is 56.3 Å². The average molecular weight is 481 g/mol. The van der Waals surface area contributed by atoms with Gasteiger partial charge in [0.05, 0.1) is 25.9 Å². The SMILES string of the molecule is CCOc1ccccc1Oc1ccc(CNC(=O)NCC(c2ccc(C)o2)N2CCOCC2)cn1. The largest absolute Gasteiger partial charge is 0.490 e. The van der Waals surface area contributed by atoms with Gasteiger partial charge in [0.2, 0.25) is 5.88 Å². The Hall–Kier alpha value is -3.56. The normalized spacial score (nSPS) is 14.8. The monoisotopic (exact) mass is 480 g/mol. The van der Waals surface area contributed by atoms with Crippen molar-refractivity contribution in [1.82, 2.24) is 20.5 Å². The fraction of sp³-hybridized carbons (Fsp3) is 0.385. The van der Waals surface area contributed by atoms with Crippen LogP contribution in [0.3, 0.4) is 0 Å². The molecule has 2 aromatic heterocycles. The number of nitrogens with zero attached hydrogens (tertiary/aromatic N) is 2. The maximum Gasteiger partial charge on any atom is 0.315 e. The Labute approximate surface area is 205 Å². The zero-order valence-corrected chi connectivity index (χ0v) is 20.2. The third kappa shape index (κ3) is 6.97. The second-order valence-electron chi connectivity index (χ2n) is 8.16. The van der Waals surface area contributed by atoms with Gasteiger partial charge in [-0.1, -0.05) is 18.2 Å². The lowest BCUT2D eigenvalue weighted by Gasteiger charge is -2.33. The summed E-state index contributed by atoms with van der Waals surface area (Å²) in [5, 5.41) is 5.85. The molecule has 0 radical (unpaired) electrons. The van der Waals surface area contributed by atoms with Gasteiger partial charge in [-0.15, -0.1) is 0 Å². The van der Waals surface area contributed by atoms with Crippen molar-refractivity contribution < 1.29 is 23.4 Å². The third-order valence-electron chi connectivity index (χ3n) is 5.65. The fourth-order valence-corrected chi connectivity index (χ4v) is 3.86. The van der Waals surface area contributed by atoms with Crippen molar-refractivity contribution in [2.24, 2.45) is 0 Å². The first-order valence-electron chi connectivity index (χ1n) is 11.9. The number of morpholine rings is 1. The zero-order chi connectivity index (χ0) is 24.5. The molecule has 2 N–H and O–H groups in total. The minimum absolute atomic E-state index is 0.0454. The summed E-state index contributed by atoms with van der Waals surface area (Å²) in [6.45, 7) is 8.11. The molecule has 1 atom stereocenters. The Balaban J connectivity index is 1.28. The predicted molar refractivity (Wildman–Crippen MR) is 131 cm³/mol. The number of ether oxygens (including phenoxy) is 3. The van der Waals surface area contributed by atoms with Gasteiger partial charge in [-0.25, -0.2) is 9.78 Å². The van der Waals surface area contributed by atoms with Gasteiger partial charge >= 0.3 is 6.03 Å². The lowest BCUT2D eigenvalue weighted by Crippen LogP contribution is -2.45. The minimum Gasteiger partial charge on any atom is -0.490 e. The molecule has 0 saturated carbocycles. The molecule has 1 aliphatic heterocycles. The highest BCUT2D eigenvalue weighted by Crippen LogP contribution is 2.30. The molecule has 3 aromatic rings. The Bertz CT molecular complexity index is 1080. The number of furan rings is 1. The fourth-order valence-electron chi connectivity index (χ4n) is 3.86. The summed E-state index contributed by atoms with van der Waals surface area (Å²) in [4.78, 5) is 19.1. The Morgan fingerprint density at radius 1 is 1.09 bits per heavy atom. The quantitative estimate of drug-likeness (QED) is 0.452. The number of para-hydroxylation sites is 2. The van der Waals surface area contributed by atoms with Crippen LogP contribution in [0.25, 0.3) is 0 Å². The first kappa shape index (κ1) is 24.6. The van der Waals surface area contributed by atoms with Crippen LogP contribution in [0.2, 0.25) is 0 Å². The average Bonchev–Trinajstić information content (AvgIpc) is 3.31. The molecule has 0 spiro atoms. The number of amides is 2. The molecular formula is C26H32N4O5. The van der Waals surface area contributed by atoms with Gasteiger partial charge < -0.3 is 29.3 Å². The molecule has 1 fully saturated rings. The van der Waals surface area contributed by atoms with Gasteiger partial charge in [0.1, 0.15) is 11.5 Å². The van der Waals surface area contributed by atoms with Crippen LogP contribution in [0, 0.1) is 6.92 Å². The Kier molecular flexibility index (Phi) is 8.58. The summed E-state index contributed by atoms with van der Waals surface area (Å²) >= 11 is 0. The summed E-state index contributed by atoms with van der Waals surface area (Å²) < 4.78 is 22.8. The van der Waals surface area contributed by atoms with Crippen LogP contribution in [0.1, 0.15) is 30.0 Å². The predicted octanol–water partition coefficient (Wildman–Crippen LogP) is 4.05. The zero-order valence-electron chi connectivity index (χ0n) is 20.2. The number of pyridine rings is 1. The summed E-state index contributed by atoms with van der Waals surface area (Å²) in [5.74, 6) is 3.42. The van der Waals surface area contributed by atoms with Crippen LogP contribution in [0.15, 0.2) is 59.1 Å². The standard InChI is InChI=1S/C26H32N4O5/c1-3-33-23-6-4-5-7-24(23)35-25-11-9-20(16-27-25)17-28-26(31)29-18-21(22-10-8-19(2)34-22)30-12-14-32-15-13-30/h4-11,16,21H,3,12-15,17-18H2,1-2H3,(H2,28,29,31). The minimum atomic E-state index is -0.252. The maximum absolute atomic E-state index is 12.5. The van der Waals surface area contributed by atoms with Crippen LogP contribution in [0.5, 0.6) is 17.4 Å². The molecule has 2 amide bonds. The van der Waals surface area contributed by atoms with Crippen LogP contribution < -0.4 is 20.1 Å². The number of aromatic nitrogens is 1. The van der Waals surface area contributed by atoms with Gasteiger partial charge in [0, 0.05) is 38.4 Å². The molecule has 186 valence electrons. The van der Waals surface area contributed by atoms with Crippen LogP contribution in [-0.2, 0) is 11.3 Å². The highest BCUT2D eigenvalue weighted by atomic mass is 16.5. The van der Waals surface area contributed by atoms with Crippen molar-refractivity contribution in [2.45, 2.75) is 26.4 Å². The summed E-state index contributed by atoms with van der Waals surface area (Å²) in [7, 11) is 0. The van der Waals surface area contributed by atoms with E-state index < -0.39 is 0 Å². The summed E-state index contributed by atoms with van der Waals surface area (Å²) in [5.41, 5.74) is 0.858. The number of benzene rings is 1. The van der Waals surface area contributed by atoms with E-state index in [1.165, 1.54) is 0 Å². The van der Waals surface area contributed by atoms with E-state index in [1.54, 1.807) is 12.3 Å². The van der Waals surface area contributed by atoms with Gasteiger partial charge in [-0.2, -0.15) is 0 Å². The van der Waals surface area contributed by atoms with E-state index in [2.05, 4.69) is 20.5 Å². The number of nitrogens with one attached hydrogen (secondary N) is 2. The molecule has 35 heavy (non-hydrogen) atoms. The third-order valence-corrected chi connectivity index (χ3v) is 5.65. The van der Waals surface area contributed by atoms with Gasteiger partial charge in [-0.3, -0.25) is 4.90 Å². The first-order valence-corrected chi connectivity index (χ1v) is 11.9.